The molecule has 6 heteroatoms. The average Bonchev–Trinajstić information content (AvgIpc) is 2.93. The smallest absolute Gasteiger partial charge is 0.220 e. The summed E-state index contributed by atoms with van der Waals surface area (Å²) >= 11 is 3.32. The second-order valence-electron chi connectivity index (χ2n) is 5.23. The van der Waals surface area contributed by atoms with E-state index in [0.29, 0.717) is 30.9 Å². The maximum absolute atomic E-state index is 13.5. The first-order valence-corrected chi connectivity index (χ1v) is 7.86. The summed E-state index contributed by atoms with van der Waals surface area (Å²) in [4.78, 5) is 11.7. The monoisotopic (exact) mass is 378 g/mol. The van der Waals surface area contributed by atoms with E-state index in [9.17, 15) is 9.18 Å². The zero-order chi connectivity index (χ0) is 14.4. The van der Waals surface area contributed by atoms with Crippen molar-refractivity contribution >= 4 is 34.2 Å². The van der Waals surface area contributed by atoms with Crippen LogP contribution < -0.4 is 10.6 Å². The van der Waals surface area contributed by atoms with Crippen LogP contribution in [-0.2, 0) is 11.2 Å². The Balaban J connectivity index is 0.00000220. The first kappa shape index (κ1) is 18.4. The molecule has 0 saturated carbocycles. The standard InChI is InChI=1S/C15H20BrFN2O.ClH/c16-13-2-3-14(17)12(9-13)6-8-19-15(20)4-1-11-5-7-18-10-11;/h2-3,9,11,18H,1,4-8,10H2,(H,19,20);1H. The molecule has 1 aromatic carbocycles. The molecule has 118 valence electrons. The summed E-state index contributed by atoms with van der Waals surface area (Å²) in [6.07, 6.45) is 3.18. The molecule has 0 radical (unpaired) electrons. The summed E-state index contributed by atoms with van der Waals surface area (Å²) in [6.45, 7) is 2.57. The number of carbonyl (C=O) groups excluding carboxylic acids is 1. The molecule has 1 aliphatic rings. The molecule has 1 fully saturated rings. The molecule has 21 heavy (non-hydrogen) atoms. The molecule has 1 aromatic rings. The summed E-state index contributed by atoms with van der Waals surface area (Å²) in [5, 5.41) is 6.15. The highest BCUT2D eigenvalue weighted by atomic mass is 79.9. The van der Waals surface area contributed by atoms with Crippen LogP contribution >= 0.6 is 28.3 Å². The lowest BCUT2D eigenvalue weighted by Crippen LogP contribution is -2.26. The van der Waals surface area contributed by atoms with Gasteiger partial charge in [0, 0.05) is 17.4 Å². The van der Waals surface area contributed by atoms with Crippen molar-refractivity contribution in [2.45, 2.75) is 25.7 Å². The topological polar surface area (TPSA) is 41.1 Å². The van der Waals surface area contributed by atoms with E-state index in [2.05, 4.69) is 26.6 Å². The van der Waals surface area contributed by atoms with Gasteiger partial charge >= 0.3 is 0 Å². The Morgan fingerprint density at radius 2 is 2.29 bits per heavy atom. The largest absolute Gasteiger partial charge is 0.356 e. The molecular formula is C15H21BrClFN2O. The maximum atomic E-state index is 13.5. The predicted octanol–water partition coefficient (Wildman–Crippen LogP) is 3.06. The van der Waals surface area contributed by atoms with Crippen molar-refractivity contribution in [3.8, 4) is 0 Å². The Hall–Kier alpha value is -0.650. The number of hydrogen-bond acceptors (Lipinski definition) is 2. The summed E-state index contributed by atoms with van der Waals surface area (Å²) in [7, 11) is 0. The molecule has 0 aliphatic carbocycles. The first-order valence-electron chi connectivity index (χ1n) is 7.06. The van der Waals surface area contributed by atoms with Crippen molar-refractivity contribution in [2.24, 2.45) is 5.92 Å². The molecule has 1 aliphatic heterocycles. The number of carbonyl (C=O) groups is 1. The molecule has 1 atom stereocenters. The minimum Gasteiger partial charge on any atom is -0.356 e. The molecule has 0 bridgehead atoms. The van der Waals surface area contributed by atoms with E-state index in [1.807, 2.05) is 0 Å². The number of rotatable bonds is 6. The van der Waals surface area contributed by atoms with Gasteiger partial charge in [-0.25, -0.2) is 4.39 Å². The van der Waals surface area contributed by atoms with E-state index in [4.69, 9.17) is 0 Å². The number of benzene rings is 1. The molecule has 1 unspecified atom stereocenters. The van der Waals surface area contributed by atoms with Crippen LogP contribution in [0, 0.1) is 11.7 Å². The zero-order valence-electron chi connectivity index (χ0n) is 11.8. The average molecular weight is 380 g/mol. The van der Waals surface area contributed by atoms with Crippen LogP contribution in [0.5, 0.6) is 0 Å². The highest BCUT2D eigenvalue weighted by molar-refractivity contribution is 9.10. The van der Waals surface area contributed by atoms with Crippen molar-refractivity contribution in [2.75, 3.05) is 19.6 Å². The third-order valence-corrected chi connectivity index (χ3v) is 4.16. The van der Waals surface area contributed by atoms with Gasteiger partial charge < -0.3 is 10.6 Å². The van der Waals surface area contributed by atoms with Crippen LogP contribution in [-0.4, -0.2) is 25.5 Å². The Bertz CT molecular complexity index is 467. The Labute approximate surface area is 139 Å². The normalized spacial score (nSPS) is 17.3. The van der Waals surface area contributed by atoms with Crippen LogP contribution in [0.15, 0.2) is 22.7 Å². The second kappa shape index (κ2) is 9.38. The minimum atomic E-state index is -0.223. The third kappa shape index (κ3) is 6.32. The van der Waals surface area contributed by atoms with Gasteiger partial charge in [-0.05, 0) is 62.0 Å². The molecule has 0 spiro atoms. The molecule has 1 saturated heterocycles. The van der Waals surface area contributed by atoms with Crippen LogP contribution in [0.3, 0.4) is 0 Å². The van der Waals surface area contributed by atoms with E-state index in [1.165, 1.54) is 6.07 Å². The molecule has 3 nitrogen and oxygen atoms in total. The van der Waals surface area contributed by atoms with E-state index in [-0.39, 0.29) is 24.1 Å². The Morgan fingerprint density at radius 3 is 3.00 bits per heavy atom. The van der Waals surface area contributed by atoms with Gasteiger partial charge in [0.05, 0.1) is 0 Å². The Morgan fingerprint density at radius 1 is 1.48 bits per heavy atom. The number of hydrogen-bond donors (Lipinski definition) is 2. The quantitative estimate of drug-likeness (QED) is 0.797. The van der Waals surface area contributed by atoms with Gasteiger partial charge in [-0.1, -0.05) is 15.9 Å². The van der Waals surface area contributed by atoms with Crippen molar-refractivity contribution in [3.63, 3.8) is 0 Å². The third-order valence-electron chi connectivity index (χ3n) is 3.67. The molecule has 1 heterocycles. The summed E-state index contributed by atoms with van der Waals surface area (Å²) < 4.78 is 14.4. The predicted molar refractivity (Wildman–Crippen MR) is 88.3 cm³/mol. The highest BCUT2D eigenvalue weighted by Gasteiger charge is 2.15. The van der Waals surface area contributed by atoms with Crippen molar-refractivity contribution in [1.82, 2.24) is 10.6 Å². The van der Waals surface area contributed by atoms with Gasteiger partial charge in [-0.2, -0.15) is 0 Å². The van der Waals surface area contributed by atoms with Gasteiger partial charge in [0.25, 0.3) is 0 Å². The van der Waals surface area contributed by atoms with Gasteiger partial charge in [-0.15, -0.1) is 12.4 Å². The van der Waals surface area contributed by atoms with Gasteiger partial charge in [0.2, 0.25) is 5.91 Å². The van der Waals surface area contributed by atoms with E-state index in [1.54, 1.807) is 12.1 Å². The van der Waals surface area contributed by atoms with Gasteiger partial charge in [0.15, 0.2) is 0 Å². The van der Waals surface area contributed by atoms with Gasteiger partial charge in [-0.3, -0.25) is 4.79 Å². The lowest BCUT2D eigenvalue weighted by atomic mass is 10.0. The van der Waals surface area contributed by atoms with Crippen LogP contribution in [0.1, 0.15) is 24.8 Å². The SMILES string of the molecule is Cl.O=C(CCC1CCNC1)NCCc1cc(Br)ccc1F. The lowest BCUT2D eigenvalue weighted by Gasteiger charge is -2.09. The van der Waals surface area contributed by atoms with Crippen LogP contribution in [0.2, 0.25) is 0 Å². The number of amides is 1. The van der Waals surface area contributed by atoms with Gasteiger partial charge in [0.1, 0.15) is 5.82 Å². The van der Waals surface area contributed by atoms with E-state index < -0.39 is 0 Å². The number of nitrogens with one attached hydrogen (secondary N) is 2. The number of halogens is 3. The van der Waals surface area contributed by atoms with Crippen molar-refractivity contribution < 1.29 is 9.18 Å². The van der Waals surface area contributed by atoms with Crippen LogP contribution in [0.4, 0.5) is 4.39 Å². The van der Waals surface area contributed by atoms with Crippen molar-refractivity contribution in [3.05, 3.63) is 34.1 Å². The fraction of sp³-hybridized carbons (Fsp3) is 0.533. The summed E-state index contributed by atoms with van der Waals surface area (Å²) in [6, 6.07) is 4.87. The molecule has 2 rings (SSSR count). The highest BCUT2D eigenvalue weighted by Crippen LogP contribution is 2.16. The molecule has 0 aromatic heterocycles. The van der Waals surface area contributed by atoms with E-state index in [0.717, 1.165) is 30.4 Å². The molecule has 1 amide bonds. The molecule has 2 N–H and O–H groups in total. The first-order chi connectivity index (χ1) is 9.65. The van der Waals surface area contributed by atoms with E-state index >= 15 is 0 Å². The fourth-order valence-corrected chi connectivity index (χ4v) is 2.86. The summed E-state index contributed by atoms with van der Waals surface area (Å²) in [5.41, 5.74) is 0.625. The van der Waals surface area contributed by atoms with Crippen molar-refractivity contribution in [1.29, 1.82) is 0 Å². The fourth-order valence-electron chi connectivity index (χ4n) is 2.46. The lowest BCUT2D eigenvalue weighted by molar-refractivity contribution is -0.121. The maximum Gasteiger partial charge on any atom is 0.220 e. The summed E-state index contributed by atoms with van der Waals surface area (Å²) in [5.74, 6) is 0.468. The molecular weight excluding hydrogens is 359 g/mol. The Kier molecular flexibility index (Phi) is 8.22. The zero-order valence-corrected chi connectivity index (χ0v) is 14.2. The second-order valence-corrected chi connectivity index (χ2v) is 6.15. The van der Waals surface area contributed by atoms with Crippen LogP contribution in [0.25, 0.3) is 0 Å². The minimum absolute atomic E-state index is 0.